The highest BCUT2D eigenvalue weighted by molar-refractivity contribution is 6.38. The standard InChI is InChI=1S/C15H13Cl2N/c1-10-6-7-15(11(2)8-10)18-9-12-13(16)4-3-5-14(12)17/h3-9H,1-2H3. The van der Waals surface area contributed by atoms with Gasteiger partial charge in [-0.25, -0.2) is 0 Å². The van der Waals surface area contributed by atoms with Crippen molar-refractivity contribution >= 4 is 35.1 Å². The summed E-state index contributed by atoms with van der Waals surface area (Å²) in [7, 11) is 0. The third-order valence-electron chi connectivity index (χ3n) is 2.68. The van der Waals surface area contributed by atoms with Crippen molar-refractivity contribution in [2.45, 2.75) is 13.8 Å². The van der Waals surface area contributed by atoms with Crippen LogP contribution in [0.15, 0.2) is 41.4 Å². The van der Waals surface area contributed by atoms with Gasteiger partial charge >= 0.3 is 0 Å². The van der Waals surface area contributed by atoms with Crippen LogP contribution in [0.1, 0.15) is 16.7 Å². The predicted molar refractivity (Wildman–Crippen MR) is 79.6 cm³/mol. The second-order valence-electron chi connectivity index (χ2n) is 4.18. The fourth-order valence-electron chi connectivity index (χ4n) is 1.72. The predicted octanol–water partition coefficient (Wildman–Crippen LogP) is 5.36. The van der Waals surface area contributed by atoms with Gasteiger partial charge in [-0.15, -0.1) is 0 Å². The first-order chi connectivity index (χ1) is 8.58. The molecule has 0 aliphatic rings. The van der Waals surface area contributed by atoms with Gasteiger partial charge < -0.3 is 0 Å². The Labute approximate surface area is 117 Å². The molecule has 0 N–H and O–H groups in total. The Morgan fingerprint density at radius 3 is 2.28 bits per heavy atom. The molecule has 18 heavy (non-hydrogen) atoms. The van der Waals surface area contributed by atoms with Gasteiger partial charge in [-0.05, 0) is 37.6 Å². The smallest absolute Gasteiger partial charge is 0.0659 e. The molecule has 0 heterocycles. The van der Waals surface area contributed by atoms with E-state index in [0.717, 1.165) is 16.8 Å². The van der Waals surface area contributed by atoms with Gasteiger partial charge in [0, 0.05) is 11.8 Å². The Kier molecular flexibility index (Phi) is 4.05. The molecule has 1 nitrogen and oxygen atoms in total. The summed E-state index contributed by atoms with van der Waals surface area (Å²) < 4.78 is 0. The number of aliphatic imine (C=N–C) groups is 1. The fourth-order valence-corrected chi connectivity index (χ4v) is 2.21. The molecule has 3 heteroatoms. The van der Waals surface area contributed by atoms with Gasteiger partial charge in [0.1, 0.15) is 0 Å². The normalized spacial score (nSPS) is 11.1. The van der Waals surface area contributed by atoms with Crippen molar-refractivity contribution in [1.82, 2.24) is 0 Å². The van der Waals surface area contributed by atoms with Crippen LogP contribution in [0.4, 0.5) is 5.69 Å². The number of rotatable bonds is 2. The fraction of sp³-hybridized carbons (Fsp3) is 0.133. The summed E-state index contributed by atoms with van der Waals surface area (Å²) >= 11 is 12.2. The summed E-state index contributed by atoms with van der Waals surface area (Å²) in [5, 5.41) is 1.21. The van der Waals surface area contributed by atoms with Crippen LogP contribution in [0.3, 0.4) is 0 Å². The summed E-state index contributed by atoms with van der Waals surface area (Å²) in [5.74, 6) is 0. The van der Waals surface area contributed by atoms with Gasteiger partial charge in [0.15, 0.2) is 0 Å². The number of aryl methyl sites for hydroxylation is 2. The summed E-state index contributed by atoms with van der Waals surface area (Å²) in [4.78, 5) is 4.44. The molecule has 0 atom stereocenters. The van der Waals surface area contributed by atoms with Crippen molar-refractivity contribution in [3.8, 4) is 0 Å². The van der Waals surface area contributed by atoms with E-state index < -0.39 is 0 Å². The number of nitrogens with zero attached hydrogens (tertiary/aromatic N) is 1. The highest BCUT2D eigenvalue weighted by Crippen LogP contribution is 2.24. The van der Waals surface area contributed by atoms with Gasteiger partial charge in [-0.2, -0.15) is 0 Å². The van der Waals surface area contributed by atoms with E-state index in [1.54, 1.807) is 18.3 Å². The lowest BCUT2D eigenvalue weighted by Crippen LogP contribution is -1.85. The second kappa shape index (κ2) is 5.55. The lowest BCUT2D eigenvalue weighted by Gasteiger charge is -2.03. The molecule has 92 valence electrons. The minimum absolute atomic E-state index is 0.607. The van der Waals surface area contributed by atoms with Crippen molar-refractivity contribution in [2.24, 2.45) is 4.99 Å². The third kappa shape index (κ3) is 2.92. The zero-order chi connectivity index (χ0) is 13.1. The molecule has 0 bridgehead atoms. The summed E-state index contributed by atoms with van der Waals surface area (Å²) in [6, 6.07) is 11.5. The largest absolute Gasteiger partial charge is 0.256 e. The lowest BCUT2D eigenvalue weighted by molar-refractivity contribution is 1.35. The maximum atomic E-state index is 6.09. The Hall–Kier alpha value is -1.31. The number of hydrogen-bond acceptors (Lipinski definition) is 1. The average Bonchev–Trinajstić information content (AvgIpc) is 2.31. The van der Waals surface area contributed by atoms with E-state index in [9.17, 15) is 0 Å². The van der Waals surface area contributed by atoms with E-state index in [1.807, 2.05) is 25.1 Å². The first kappa shape index (κ1) is 13.1. The summed E-state index contributed by atoms with van der Waals surface area (Å²) in [6.07, 6.45) is 1.71. The quantitative estimate of drug-likeness (QED) is 0.655. The second-order valence-corrected chi connectivity index (χ2v) is 5.00. The molecular formula is C15H13Cl2N. The van der Waals surface area contributed by atoms with Crippen molar-refractivity contribution in [3.05, 3.63) is 63.1 Å². The van der Waals surface area contributed by atoms with Gasteiger partial charge in [-0.3, -0.25) is 4.99 Å². The van der Waals surface area contributed by atoms with Crippen molar-refractivity contribution in [1.29, 1.82) is 0 Å². The monoisotopic (exact) mass is 277 g/mol. The van der Waals surface area contributed by atoms with Crippen molar-refractivity contribution in [3.63, 3.8) is 0 Å². The number of benzene rings is 2. The molecule has 0 aliphatic carbocycles. The molecule has 0 spiro atoms. The Morgan fingerprint density at radius 2 is 1.67 bits per heavy atom. The van der Waals surface area contributed by atoms with Crippen LogP contribution in [0.5, 0.6) is 0 Å². The Morgan fingerprint density at radius 1 is 1.00 bits per heavy atom. The molecule has 2 rings (SSSR count). The van der Waals surface area contributed by atoms with Crippen LogP contribution < -0.4 is 0 Å². The molecule has 0 radical (unpaired) electrons. The molecule has 2 aromatic rings. The van der Waals surface area contributed by atoms with E-state index in [4.69, 9.17) is 23.2 Å². The van der Waals surface area contributed by atoms with E-state index in [-0.39, 0.29) is 0 Å². The highest BCUT2D eigenvalue weighted by atomic mass is 35.5. The van der Waals surface area contributed by atoms with Gasteiger partial charge in [0.25, 0.3) is 0 Å². The van der Waals surface area contributed by atoms with Gasteiger partial charge in [0.05, 0.1) is 15.7 Å². The van der Waals surface area contributed by atoms with E-state index in [2.05, 4.69) is 18.0 Å². The van der Waals surface area contributed by atoms with Crippen LogP contribution in [0.25, 0.3) is 0 Å². The molecule has 0 aromatic heterocycles. The summed E-state index contributed by atoms with van der Waals surface area (Å²) in [6.45, 7) is 4.10. The first-order valence-corrected chi connectivity index (χ1v) is 6.39. The minimum atomic E-state index is 0.607. The average molecular weight is 278 g/mol. The molecule has 0 aliphatic heterocycles. The SMILES string of the molecule is Cc1ccc(N=Cc2c(Cl)cccc2Cl)c(C)c1. The molecular weight excluding hydrogens is 265 g/mol. The van der Waals surface area contributed by atoms with Crippen molar-refractivity contribution in [2.75, 3.05) is 0 Å². The van der Waals surface area contributed by atoms with Gasteiger partial charge in [0.2, 0.25) is 0 Å². The zero-order valence-electron chi connectivity index (χ0n) is 10.2. The zero-order valence-corrected chi connectivity index (χ0v) is 11.8. The number of hydrogen-bond donors (Lipinski definition) is 0. The Bertz CT molecular complexity index is 583. The number of halogens is 2. The highest BCUT2D eigenvalue weighted by Gasteiger charge is 2.02. The molecule has 0 saturated heterocycles. The van der Waals surface area contributed by atoms with E-state index in [0.29, 0.717) is 10.0 Å². The minimum Gasteiger partial charge on any atom is -0.256 e. The Balaban J connectivity index is 2.36. The van der Waals surface area contributed by atoms with Crippen LogP contribution >= 0.6 is 23.2 Å². The lowest BCUT2D eigenvalue weighted by atomic mass is 10.1. The maximum absolute atomic E-state index is 6.09. The molecule has 0 fully saturated rings. The van der Waals surface area contributed by atoms with Crippen molar-refractivity contribution < 1.29 is 0 Å². The van der Waals surface area contributed by atoms with E-state index >= 15 is 0 Å². The maximum Gasteiger partial charge on any atom is 0.0659 e. The van der Waals surface area contributed by atoms with Crippen LogP contribution in [-0.2, 0) is 0 Å². The topological polar surface area (TPSA) is 12.4 Å². The molecule has 0 amide bonds. The third-order valence-corrected chi connectivity index (χ3v) is 3.34. The summed E-state index contributed by atoms with van der Waals surface area (Å²) in [5.41, 5.74) is 4.04. The van der Waals surface area contributed by atoms with Crippen LogP contribution in [0, 0.1) is 13.8 Å². The van der Waals surface area contributed by atoms with Crippen LogP contribution in [-0.4, -0.2) is 6.21 Å². The molecule has 0 saturated carbocycles. The van der Waals surface area contributed by atoms with Crippen LogP contribution in [0.2, 0.25) is 10.0 Å². The molecule has 0 unspecified atom stereocenters. The first-order valence-electron chi connectivity index (χ1n) is 5.63. The van der Waals surface area contributed by atoms with E-state index in [1.165, 1.54) is 5.56 Å². The van der Waals surface area contributed by atoms with Gasteiger partial charge in [-0.1, -0.05) is 47.0 Å². The molecule has 2 aromatic carbocycles.